The minimum absolute atomic E-state index is 1.18. The van der Waals surface area contributed by atoms with Gasteiger partial charge in [-0.05, 0) is 31.3 Å². The van der Waals surface area contributed by atoms with Crippen LogP contribution >= 0.6 is 0 Å². The predicted molar refractivity (Wildman–Crippen MR) is 71.4 cm³/mol. The highest BCUT2D eigenvalue weighted by atomic mass is 28.3. The molecule has 1 rings (SSSR count). The lowest BCUT2D eigenvalue weighted by molar-refractivity contribution is 0.617. The fraction of sp³-hybridized carbons (Fsp3) is 0.385. The van der Waals surface area contributed by atoms with E-state index in [0.29, 0.717) is 0 Å². The summed E-state index contributed by atoms with van der Waals surface area (Å²) < 4.78 is 2.40. The Labute approximate surface area is 94.5 Å². The average Bonchev–Trinajstić information content (AvgIpc) is 2.18. The lowest BCUT2D eigenvalue weighted by Gasteiger charge is -2.30. The Kier molecular flexibility index (Phi) is 3.88. The van der Waals surface area contributed by atoms with Gasteiger partial charge in [0.25, 0.3) is 0 Å². The predicted octanol–water partition coefficient (Wildman–Crippen LogP) is 3.18. The second-order valence-corrected chi connectivity index (χ2v) is 9.66. The maximum absolute atomic E-state index is 3.87. The molecule has 0 spiro atoms. The van der Waals surface area contributed by atoms with E-state index in [9.17, 15) is 0 Å². The standard InChI is InChI=1S/C13H21NSi/c1-6-12-9-7-8-10-13(12)11-15(4,5)14(2)3/h6-10H,1,11H2,2-5H3. The lowest BCUT2D eigenvalue weighted by Crippen LogP contribution is -2.46. The van der Waals surface area contributed by atoms with Crippen molar-refractivity contribution in [3.8, 4) is 0 Å². The number of nitrogens with zero attached hydrogens (tertiary/aromatic N) is 1. The van der Waals surface area contributed by atoms with E-state index in [0.717, 1.165) is 0 Å². The Hall–Kier alpha value is -0.863. The van der Waals surface area contributed by atoms with Gasteiger partial charge in [-0.15, -0.1) is 0 Å². The molecule has 0 bridgehead atoms. The lowest BCUT2D eigenvalue weighted by atomic mass is 10.1. The molecule has 0 saturated heterocycles. The molecule has 0 aromatic heterocycles. The van der Waals surface area contributed by atoms with Gasteiger partial charge < -0.3 is 4.57 Å². The van der Waals surface area contributed by atoms with Gasteiger partial charge in [0, 0.05) is 0 Å². The summed E-state index contributed by atoms with van der Waals surface area (Å²) in [6, 6.07) is 9.73. The molecule has 0 N–H and O–H groups in total. The van der Waals surface area contributed by atoms with Gasteiger partial charge in [0.2, 0.25) is 0 Å². The third-order valence-corrected chi connectivity index (χ3v) is 6.78. The first-order chi connectivity index (χ1) is 6.97. The molecule has 0 atom stereocenters. The molecular formula is C13H21NSi. The third-order valence-electron chi connectivity index (χ3n) is 3.11. The summed E-state index contributed by atoms with van der Waals surface area (Å²) in [6.07, 6.45) is 1.95. The van der Waals surface area contributed by atoms with Crippen LogP contribution in [0.15, 0.2) is 30.8 Å². The van der Waals surface area contributed by atoms with Crippen LogP contribution in [0, 0.1) is 0 Å². The van der Waals surface area contributed by atoms with E-state index in [2.05, 4.69) is 62.6 Å². The van der Waals surface area contributed by atoms with E-state index in [4.69, 9.17) is 0 Å². The van der Waals surface area contributed by atoms with Crippen LogP contribution in [0.25, 0.3) is 6.08 Å². The van der Waals surface area contributed by atoms with Crippen molar-refractivity contribution in [2.45, 2.75) is 19.1 Å². The monoisotopic (exact) mass is 219 g/mol. The first-order valence-corrected chi connectivity index (χ1v) is 8.50. The van der Waals surface area contributed by atoms with Crippen molar-refractivity contribution in [3.63, 3.8) is 0 Å². The largest absolute Gasteiger partial charge is 0.329 e. The molecule has 0 radical (unpaired) electrons. The Morgan fingerprint density at radius 3 is 2.40 bits per heavy atom. The Balaban J connectivity index is 2.94. The second kappa shape index (κ2) is 4.77. The SMILES string of the molecule is C=Cc1ccccc1C[Si](C)(C)N(C)C. The van der Waals surface area contributed by atoms with Crippen LogP contribution in [-0.2, 0) is 6.04 Å². The summed E-state index contributed by atoms with van der Waals surface area (Å²) in [6.45, 7) is 8.66. The molecular weight excluding hydrogens is 198 g/mol. The molecule has 0 saturated carbocycles. The van der Waals surface area contributed by atoms with Crippen molar-refractivity contribution in [1.82, 2.24) is 4.57 Å². The summed E-state index contributed by atoms with van der Waals surface area (Å²) in [5, 5.41) is 0. The maximum atomic E-state index is 3.87. The average molecular weight is 219 g/mol. The van der Waals surface area contributed by atoms with Crippen molar-refractivity contribution in [3.05, 3.63) is 42.0 Å². The summed E-state index contributed by atoms with van der Waals surface area (Å²) in [7, 11) is 3.08. The van der Waals surface area contributed by atoms with E-state index >= 15 is 0 Å². The normalized spacial score (nSPS) is 11.8. The van der Waals surface area contributed by atoms with Gasteiger partial charge in [-0.2, -0.15) is 0 Å². The first-order valence-electron chi connectivity index (χ1n) is 5.35. The quantitative estimate of drug-likeness (QED) is 0.703. The topological polar surface area (TPSA) is 3.24 Å². The third kappa shape index (κ3) is 3.04. The minimum Gasteiger partial charge on any atom is -0.329 e. The van der Waals surface area contributed by atoms with Gasteiger partial charge in [0.15, 0.2) is 0 Å². The van der Waals surface area contributed by atoms with Crippen LogP contribution in [0.5, 0.6) is 0 Å². The van der Waals surface area contributed by atoms with Gasteiger partial charge in [-0.1, -0.05) is 50.0 Å². The maximum Gasteiger partial charge on any atom is 0.126 e. The number of hydrogen-bond donors (Lipinski definition) is 0. The number of benzene rings is 1. The van der Waals surface area contributed by atoms with Gasteiger partial charge in [-0.25, -0.2) is 0 Å². The molecule has 0 amide bonds. The molecule has 1 aromatic rings. The smallest absolute Gasteiger partial charge is 0.126 e. The van der Waals surface area contributed by atoms with Crippen molar-refractivity contribution >= 4 is 14.3 Å². The summed E-state index contributed by atoms with van der Waals surface area (Å²) in [5.41, 5.74) is 2.71. The first kappa shape index (κ1) is 12.2. The summed E-state index contributed by atoms with van der Waals surface area (Å²) >= 11 is 0. The zero-order valence-electron chi connectivity index (χ0n) is 10.2. The van der Waals surface area contributed by atoms with Crippen molar-refractivity contribution in [1.29, 1.82) is 0 Å². The van der Waals surface area contributed by atoms with Crippen molar-refractivity contribution in [2.75, 3.05) is 14.1 Å². The Morgan fingerprint density at radius 1 is 1.27 bits per heavy atom. The zero-order valence-corrected chi connectivity index (χ0v) is 11.2. The molecule has 0 heterocycles. The molecule has 0 fully saturated rings. The van der Waals surface area contributed by atoms with Crippen LogP contribution in [-0.4, -0.2) is 26.9 Å². The van der Waals surface area contributed by atoms with Crippen molar-refractivity contribution in [2.24, 2.45) is 0 Å². The minimum atomic E-state index is -1.28. The number of hydrogen-bond acceptors (Lipinski definition) is 1. The van der Waals surface area contributed by atoms with Gasteiger partial charge in [-0.3, -0.25) is 0 Å². The van der Waals surface area contributed by atoms with Gasteiger partial charge in [0.1, 0.15) is 8.24 Å². The molecule has 2 heteroatoms. The fourth-order valence-corrected chi connectivity index (χ4v) is 3.09. The molecule has 0 aliphatic carbocycles. The van der Waals surface area contributed by atoms with Crippen LogP contribution in [0.4, 0.5) is 0 Å². The van der Waals surface area contributed by atoms with Crippen LogP contribution in [0.1, 0.15) is 11.1 Å². The molecule has 1 aromatic carbocycles. The van der Waals surface area contributed by atoms with E-state index in [1.54, 1.807) is 0 Å². The van der Waals surface area contributed by atoms with E-state index in [1.807, 2.05) is 6.08 Å². The van der Waals surface area contributed by atoms with Crippen LogP contribution < -0.4 is 0 Å². The van der Waals surface area contributed by atoms with E-state index < -0.39 is 8.24 Å². The molecule has 82 valence electrons. The molecule has 0 unspecified atom stereocenters. The van der Waals surface area contributed by atoms with Gasteiger partial charge in [0.05, 0.1) is 0 Å². The zero-order chi connectivity index (χ0) is 11.5. The Bertz CT molecular complexity index is 342. The highest BCUT2D eigenvalue weighted by Crippen LogP contribution is 2.18. The highest BCUT2D eigenvalue weighted by Gasteiger charge is 2.24. The second-order valence-electron chi connectivity index (χ2n) is 4.79. The van der Waals surface area contributed by atoms with E-state index in [1.165, 1.54) is 17.2 Å². The summed E-state index contributed by atoms with van der Waals surface area (Å²) in [5.74, 6) is 0. The molecule has 0 aliphatic rings. The van der Waals surface area contributed by atoms with Crippen molar-refractivity contribution < 1.29 is 0 Å². The summed E-state index contributed by atoms with van der Waals surface area (Å²) in [4.78, 5) is 0. The van der Waals surface area contributed by atoms with Crippen LogP contribution in [0.3, 0.4) is 0 Å². The highest BCUT2D eigenvalue weighted by molar-refractivity contribution is 6.74. The fourth-order valence-electron chi connectivity index (χ4n) is 1.52. The molecule has 1 nitrogen and oxygen atoms in total. The van der Waals surface area contributed by atoms with E-state index in [-0.39, 0.29) is 0 Å². The number of rotatable bonds is 4. The molecule has 0 aliphatic heterocycles. The Morgan fingerprint density at radius 2 is 1.87 bits per heavy atom. The van der Waals surface area contributed by atoms with Gasteiger partial charge >= 0.3 is 0 Å². The van der Waals surface area contributed by atoms with Crippen LogP contribution in [0.2, 0.25) is 13.1 Å². The molecule has 15 heavy (non-hydrogen) atoms.